The zero-order valence-electron chi connectivity index (χ0n) is 12.3. The van der Waals surface area contributed by atoms with Crippen molar-refractivity contribution < 1.29 is 4.79 Å². The quantitative estimate of drug-likeness (QED) is 0.808. The van der Waals surface area contributed by atoms with Crippen LogP contribution in [0.2, 0.25) is 0 Å². The Morgan fingerprint density at radius 1 is 1.67 bits per heavy atom. The van der Waals surface area contributed by atoms with Gasteiger partial charge in [0.05, 0.1) is 12.6 Å². The van der Waals surface area contributed by atoms with Crippen LogP contribution in [0.25, 0.3) is 0 Å². The minimum atomic E-state index is -0.262. The number of nitrogens with one attached hydrogen (secondary N) is 2. The van der Waals surface area contributed by atoms with E-state index < -0.39 is 0 Å². The van der Waals surface area contributed by atoms with Crippen LogP contribution in [0.15, 0.2) is 5.51 Å². The molecule has 1 aromatic rings. The molecular formula is C13H20N6OS. The molecule has 1 saturated heterocycles. The molecule has 1 aliphatic heterocycles. The number of hydrogen-bond donors (Lipinski definition) is 2. The Bertz CT molecular complexity index is 509. The van der Waals surface area contributed by atoms with Crippen LogP contribution in [-0.2, 0) is 4.79 Å². The van der Waals surface area contributed by atoms with Gasteiger partial charge in [-0.05, 0) is 26.7 Å². The zero-order chi connectivity index (χ0) is 15.3. The van der Waals surface area contributed by atoms with E-state index in [1.807, 2.05) is 13.8 Å². The first-order valence-electron chi connectivity index (χ1n) is 6.96. The molecule has 0 aromatic carbocycles. The van der Waals surface area contributed by atoms with Gasteiger partial charge in [0.15, 0.2) is 0 Å². The number of amides is 1. The maximum absolute atomic E-state index is 12.2. The molecule has 1 atom stereocenters. The Kier molecular flexibility index (Phi) is 5.09. The number of aromatic nitrogens is 2. The SMILES string of the molecule is CC(C)(CNc1nncs1)NCC(=O)N1CCC[C@H]1C#N. The normalized spacial score (nSPS) is 18.5. The summed E-state index contributed by atoms with van der Waals surface area (Å²) < 4.78 is 0. The minimum Gasteiger partial charge on any atom is -0.358 e. The number of hydrogen-bond acceptors (Lipinski definition) is 7. The summed E-state index contributed by atoms with van der Waals surface area (Å²) in [6, 6.07) is 1.92. The summed E-state index contributed by atoms with van der Waals surface area (Å²) in [6.45, 7) is 5.59. The minimum absolute atomic E-state index is 0.0111. The van der Waals surface area contributed by atoms with E-state index in [4.69, 9.17) is 5.26 Å². The maximum atomic E-state index is 12.2. The van der Waals surface area contributed by atoms with Crippen LogP contribution in [-0.4, -0.2) is 52.2 Å². The van der Waals surface area contributed by atoms with Crippen LogP contribution in [0, 0.1) is 11.3 Å². The van der Waals surface area contributed by atoms with Gasteiger partial charge in [0.2, 0.25) is 11.0 Å². The molecule has 0 spiro atoms. The fourth-order valence-electron chi connectivity index (χ4n) is 2.23. The number of likely N-dealkylation sites (tertiary alicyclic amines) is 1. The highest BCUT2D eigenvalue weighted by Gasteiger charge is 2.29. The van der Waals surface area contributed by atoms with Crippen molar-refractivity contribution in [3.8, 4) is 6.07 Å². The lowest BCUT2D eigenvalue weighted by Gasteiger charge is -2.28. The molecule has 0 bridgehead atoms. The average molecular weight is 308 g/mol. The molecule has 8 heteroatoms. The molecular weight excluding hydrogens is 288 g/mol. The number of carbonyl (C=O) groups is 1. The Hall–Kier alpha value is -1.72. The van der Waals surface area contributed by atoms with Gasteiger partial charge >= 0.3 is 0 Å². The molecule has 7 nitrogen and oxygen atoms in total. The standard InChI is InChI=1S/C13H20N6OS/c1-13(2,8-15-12-18-17-9-21-12)16-7-11(20)19-5-3-4-10(19)6-14/h9-10,16H,3-5,7-8H2,1-2H3,(H,15,18)/t10-/m0/s1. The fraction of sp³-hybridized carbons (Fsp3) is 0.692. The molecule has 2 rings (SSSR count). The van der Waals surface area contributed by atoms with Crippen molar-refractivity contribution >= 4 is 22.4 Å². The molecule has 2 heterocycles. The Balaban J connectivity index is 1.78. The summed E-state index contributed by atoms with van der Waals surface area (Å²) >= 11 is 1.44. The number of rotatable bonds is 6. The molecule has 1 amide bonds. The highest BCUT2D eigenvalue weighted by atomic mass is 32.1. The van der Waals surface area contributed by atoms with E-state index in [-0.39, 0.29) is 24.0 Å². The van der Waals surface area contributed by atoms with Crippen molar-refractivity contribution in [2.45, 2.75) is 38.3 Å². The summed E-state index contributed by atoms with van der Waals surface area (Å²) in [7, 11) is 0. The molecule has 2 N–H and O–H groups in total. The summed E-state index contributed by atoms with van der Waals surface area (Å²) in [5.41, 5.74) is 1.41. The van der Waals surface area contributed by atoms with Gasteiger partial charge in [0.25, 0.3) is 0 Å². The molecule has 1 aliphatic rings. The lowest BCUT2D eigenvalue weighted by molar-refractivity contribution is -0.130. The van der Waals surface area contributed by atoms with Crippen LogP contribution < -0.4 is 10.6 Å². The largest absolute Gasteiger partial charge is 0.358 e. The smallest absolute Gasteiger partial charge is 0.237 e. The highest BCUT2D eigenvalue weighted by molar-refractivity contribution is 7.13. The first kappa shape index (κ1) is 15.7. The molecule has 0 saturated carbocycles. The van der Waals surface area contributed by atoms with Gasteiger partial charge < -0.3 is 15.5 Å². The number of nitriles is 1. The van der Waals surface area contributed by atoms with Crippen LogP contribution in [0.1, 0.15) is 26.7 Å². The Morgan fingerprint density at radius 3 is 3.14 bits per heavy atom. The van der Waals surface area contributed by atoms with Gasteiger partial charge in [0, 0.05) is 18.6 Å². The number of nitrogens with zero attached hydrogens (tertiary/aromatic N) is 4. The summed E-state index contributed by atoms with van der Waals surface area (Å²) in [5.74, 6) is -0.0111. The van der Waals surface area contributed by atoms with Gasteiger partial charge in [-0.3, -0.25) is 4.79 Å². The summed E-state index contributed by atoms with van der Waals surface area (Å²) in [6.07, 6.45) is 1.69. The molecule has 1 fully saturated rings. The van der Waals surface area contributed by atoms with Crippen molar-refractivity contribution in [2.24, 2.45) is 0 Å². The highest BCUT2D eigenvalue weighted by Crippen LogP contribution is 2.16. The first-order chi connectivity index (χ1) is 10.0. The topological polar surface area (TPSA) is 93.9 Å². The molecule has 1 aromatic heterocycles. The van der Waals surface area contributed by atoms with Gasteiger partial charge in [-0.25, -0.2) is 0 Å². The molecule has 0 radical (unpaired) electrons. The zero-order valence-corrected chi connectivity index (χ0v) is 13.1. The third-order valence-electron chi connectivity index (χ3n) is 3.48. The van der Waals surface area contributed by atoms with Crippen LogP contribution in [0.4, 0.5) is 5.13 Å². The van der Waals surface area contributed by atoms with E-state index in [1.165, 1.54) is 11.3 Å². The van der Waals surface area contributed by atoms with Crippen molar-refractivity contribution in [3.05, 3.63) is 5.51 Å². The second-order valence-corrected chi connectivity index (χ2v) is 6.54. The molecule has 114 valence electrons. The number of anilines is 1. The van der Waals surface area contributed by atoms with E-state index in [9.17, 15) is 4.79 Å². The third-order valence-corrected chi connectivity index (χ3v) is 4.13. The Morgan fingerprint density at radius 2 is 2.48 bits per heavy atom. The number of carbonyl (C=O) groups excluding carboxylic acids is 1. The van der Waals surface area contributed by atoms with E-state index in [1.54, 1.807) is 10.4 Å². The van der Waals surface area contributed by atoms with Crippen molar-refractivity contribution in [1.82, 2.24) is 20.4 Å². The van der Waals surface area contributed by atoms with E-state index in [0.29, 0.717) is 13.1 Å². The molecule has 0 aliphatic carbocycles. The maximum Gasteiger partial charge on any atom is 0.237 e. The van der Waals surface area contributed by atoms with Gasteiger partial charge in [-0.2, -0.15) is 5.26 Å². The molecule has 0 unspecified atom stereocenters. The van der Waals surface area contributed by atoms with Crippen LogP contribution in [0.3, 0.4) is 0 Å². The second kappa shape index (κ2) is 6.83. The van der Waals surface area contributed by atoms with Gasteiger partial charge in [0.1, 0.15) is 11.6 Å². The first-order valence-corrected chi connectivity index (χ1v) is 7.84. The van der Waals surface area contributed by atoms with Crippen LogP contribution >= 0.6 is 11.3 Å². The average Bonchev–Trinajstić information content (AvgIpc) is 3.13. The lowest BCUT2D eigenvalue weighted by atomic mass is 10.1. The van der Waals surface area contributed by atoms with Crippen LogP contribution in [0.5, 0.6) is 0 Å². The Labute approximate surface area is 128 Å². The van der Waals surface area contributed by atoms with Gasteiger partial charge in [-0.1, -0.05) is 11.3 Å². The monoisotopic (exact) mass is 308 g/mol. The summed E-state index contributed by atoms with van der Waals surface area (Å²) in [5, 5.41) is 23.9. The second-order valence-electron chi connectivity index (χ2n) is 5.71. The summed E-state index contributed by atoms with van der Waals surface area (Å²) in [4.78, 5) is 13.8. The molecule has 21 heavy (non-hydrogen) atoms. The van der Waals surface area contributed by atoms with E-state index in [0.717, 1.165) is 18.0 Å². The van der Waals surface area contributed by atoms with Crippen molar-refractivity contribution in [2.75, 3.05) is 25.0 Å². The van der Waals surface area contributed by atoms with E-state index in [2.05, 4.69) is 26.9 Å². The van der Waals surface area contributed by atoms with E-state index >= 15 is 0 Å². The van der Waals surface area contributed by atoms with Crippen molar-refractivity contribution in [1.29, 1.82) is 5.26 Å². The van der Waals surface area contributed by atoms with Crippen molar-refractivity contribution in [3.63, 3.8) is 0 Å². The predicted octanol–water partition coefficient (Wildman–Crippen LogP) is 0.833. The predicted molar refractivity (Wildman–Crippen MR) is 80.8 cm³/mol. The fourth-order valence-corrected chi connectivity index (χ4v) is 2.67. The van der Waals surface area contributed by atoms with Gasteiger partial charge in [-0.15, -0.1) is 10.2 Å². The third kappa shape index (κ3) is 4.37. The lowest BCUT2D eigenvalue weighted by Crippen LogP contribution is -2.50.